The number of benzene rings is 2. The van der Waals surface area contributed by atoms with Gasteiger partial charge in [-0.3, -0.25) is 0 Å². The molecule has 3 heteroatoms. The van der Waals surface area contributed by atoms with Gasteiger partial charge in [-0.2, -0.15) is 11.3 Å². The predicted molar refractivity (Wildman–Crippen MR) is 138 cm³/mol. The molecule has 4 rings (SSSR count). The Labute approximate surface area is 188 Å². The summed E-state index contributed by atoms with van der Waals surface area (Å²) in [5, 5.41) is 0. The molecule has 30 heavy (non-hydrogen) atoms. The van der Waals surface area contributed by atoms with Crippen LogP contribution in [-0.2, 0) is 0 Å². The van der Waals surface area contributed by atoms with Crippen LogP contribution in [0.15, 0.2) is 60.7 Å². The van der Waals surface area contributed by atoms with Gasteiger partial charge in [0.2, 0.25) is 0 Å². The summed E-state index contributed by atoms with van der Waals surface area (Å²) in [7, 11) is 5.89. The molecule has 2 radical (unpaired) electrons. The minimum atomic E-state index is 0.841. The zero-order chi connectivity index (χ0) is 21.1. The fourth-order valence-corrected chi connectivity index (χ4v) is 4.89. The second-order valence-corrected chi connectivity index (χ2v) is 9.99. The van der Waals surface area contributed by atoms with E-state index in [0.29, 0.717) is 0 Å². The fraction of sp³-hybridized carbons (Fsp3) is 0.111. The standard InChI is InChI=1S/C27H23BS2/c1-18-4-5-19(2)25(16-18)26-17-21(8-12-23-11-6-20(3)29-23)7-9-22(26)10-13-24-14-15-27(28)30-24/h4-17H,1-3H3/b12-8+,13-10+. The molecular formula is C27H23BS2. The average Bonchev–Trinajstić information content (AvgIpc) is 3.34. The molecule has 0 fully saturated rings. The van der Waals surface area contributed by atoms with Crippen molar-refractivity contribution in [3.63, 3.8) is 0 Å². The van der Waals surface area contributed by atoms with E-state index in [1.807, 2.05) is 17.4 Å². The smallest absolute Gasteiger partial charge is 0.128 e. The Balaban J connectivity index is 1.76. The highest BCUT2D eigenvalue weighted by Gasteiger charge is 2.08. The molecule has 146 valence electrons. The van der Waals surface area contributed by atoms with Gasteiger partial charge in [0.1, 0.15) is 7.85 Å². The number of aryl methyl sites for hydroxylation is 3. The van der Waals surface area contributed by atoms with Crippen LogP contribution in [0.5, 0.6) is 0 Å². The molecule has 2 aromatic heterocycles. The summed E-state index contributed by atoms with van der Waals surface area (Å²) < 4.78 is 0.841. The van der Waals surface area contributed by atoms with Crippen LogP contribution in [-0.4, -0.2) is 7.85 Å². The topological polar surface area (TPSA) is 0 Å². The second-order valence-electron chi connectivity index (χ2n) is 7.52. The zero-order valence-corrected chi connectivity index (χ0v) is 19.1. The molecule has 2 aromatic carbocycles. The van der Waals surface area contributed by atoms with Gasteiger partial charge in [0, 0.05) is 14.6 Å². The summed E-state index contributed by atoms with van der Waals surface area (Å²) in [6.07, 6.45) is 8.74. The summed E-state index contributed by atoms with van der Waals surface area (Å²) in [6.45, 7) is 6.47. The van der Waals surface area contributed by atoms with Crippen molar-refractivity contribution in [3.8, 4) is 11.1 Å². The van der Waals surface area contributed by atoms with E-state index in [1.165, 1.54) is 43.1 Å². The maximum atomic E-state index is 5.89. The van der Waals surface area contributed by atoms with Gasteiger partial charge in [-0.1, -0.05) is 54.1 Å². The van der Waals surface area contributed by atoms with Crippen molar-refractivity contribution >= 4 is 59.6 Å². The molecule has 0 nitrogen and oxygen atoms in total. The third kappa shape index (κ3) is 4.92. The van der Waals surface area contributed by atoms with Crippen molar-refractivity contribution in [2.24, 2.45) is 0 Å². The van der Waals surface area contributed by atoms with Crippen molar-refractivity contribution in [2.75, 3.05) is 0 Å². The molecule has 0 bridgehead atoms. The Morgan fingerprint density at radius 1 is 0.667 bits per heavy atom. The molecule has 0 saturated carbocycles. The van der Waals surface area contributed by atoms with E-state index >= 15 is 0 Å². The molecule has 0 N–H and O–H groups in total. The Kier molecular flexibility index (Phi) is 6.22. The van der Waals surface area contributed by atoms with Crippen LogP contribution in [0.2, 0.25) is 0 Å². The van der Waals surface area contributed by atoms with Gasteiger partial charge >= 0.3 is 0 Å². The molecule has 0 aliphatic rings. The zero-order valence-electron chi connectivity index (χ0n) is 17.5. The summed E-state index contributed by atoms with van der Waals surface area (Å²) in [5.41, 5.74) is 7.50. The molecule has 0 spiro atoms. The highest BCUT2D eigenvalue weighted by molar-refractivity contribution is 7.20. The first-order valence-electron chi connectivity index (χ1n) is 9.97. The van der Waals surface area contributed by atoms with E-state index in [1.54, 1.807) is 11.3 Å². The Morgan fingerprint density at radius 3 is 2.17 bits per heavy atom. The Hall–Kier alpha value is -2.62. The first kappa shape index (κ1) is 20.6. The normalized spacial score (nSPS) is 11.7. The number of rotatable bonds is 5. The molecule has 0 atom stereocenters. The van der Waals surface area contributed by atoms with Crippen LogP contribution in [0.1, 0.15) is 36.9 Å². The van der Waals surface area contributed by atoms with E-state index in [-0.39, 0.29) is 0 Å². The third-order valence-corrected chi connectivity index (χ3v) is 6.88. The van der Waals surface area contributed by atoms with E-state index in [0.717, 1.165) is 9.65 Å². The van der Waals surface area contributed by atoms with Crippen molar-refractivity contribution in [1.82, 2.24) is 0 Å². The van der Waals surface area contributed by atoms with Crippen molar-refractivity contribution in [2.45, 2.75) is 20.8 Å². The molecule has 0 unspecified atom stereocenters. The Morgan fingerprint density at radius 2 is 1.43 bits per heavy atom. The fourth-order valence-electron chi connectivity index (χ4n) is 3.43. The Bertz CT molecular complexity index is 1240. The summed E-state index contributed by atoms with van der Waals surface area (Å²) in [5.74, 6) is 0. The minimum absolute atomic E-state index is 0.841. The SMILES string of the molecule is [B]c1ccc(/C=C/c2ccc(/C=C/c3ccc(C)s3)cc2-c2cc(C)ccc2C)s1. The van der Waals surface area contributed by atoms with Crippen LogP contribution >= 0.6 is 22.7 Å². The average molecular weight is 422 g/mol. The third-order valence-electron chi connectivity index (χ3n) is 5.04. The lowest BCUT2D eigenvalue weighted by atomic mass is 9.92. The van der Waals surface area contributed by atoms with E-state index in [9.17, 15) is 0 Å². The van der Waals surface area contributed by atoms with Crippen LogP contribution in [0.25, 0.3) is 35.4 Å². The molecule has 0 aliphatic heterocycles. The molecule has 4 aromatic rings. The maximum Gasteiger partial charge on any atom is 0.128 e. The van der Waals surface area contributed by atoms with Gasteiger partial charge in [0.15, 0.2) is 0 Å². The summed E-state index contributed by atoms with van der Waals surface area (Å²) >= 11 is 3.42. The first-order valence-corrected chi connectivity index (χ1v) is 11.6. The van der Waals surface area contributed by atoms with Gasteiger partial charge in [-0.15, -0.1) is 11.3 Å². The largest absolute Gasteiger partial charge is 0.153 e. The predicted octanol–water partition coefficient (Wildman–Crippen LogP) is 7.54. The quantitative estimate of drug-likeness (QED) is 0.292. The van der Waals surface area contributed by atoms with Gasteiger partial charge < -0.3 is 0 Å². The molecule has 2 heterocycles. The molecule has 0 aliphatic carbocycles. The summed E-state index contributed by atoms with van der Waals surface area (Å²) in [4.78, 5) is 3.77. The monoisotopic (exact) mass is 422 g/mol. The minimum Gasteiger partial charge on any atom is -0.153 e. The molecule has 0 amide bonds. The van der Waals surface area contributed by atoms with Crippen molar-refractivity contribution in [3.05, 3.63) is 97.5 Å². The van der Waals surface area contributed by atoms with Gasteiger partial charge in [-0.25, -0.2) is 0 Å². The lowest BCUT2D eigenvalue weighted by Crippen LogP contribution is -1.90. The lowest BCUT2D eigenvalue weighted by molar-refractivity contribution is 1.39. The summed E-state index contributed by atoms with van der Waals surface area (Å²) in [6, 6.07) is 21.7. The number of hydrogen-bond donors (Lipinski definition) is 0. The van der Waals surface area contributed by atoms with Crippen LogP contribution in [0.3, 0.4) is 0 Å². The first-order chi connectivity index (χ1) is 14.5. The van der Waals surface area contributed by atoms with Gasteiger partial charge in [0.25, 0.3) is 0 Å². The van der Waals surface area contributed by atoms with Crippen LogP contribution in [0, 0.1) is 20.8 Å². The van der Waals surface area contributed by atoms with Crippen LogP contribution in [0.4, 0.5) is 0 Å². The lowest BCUT2D eigenvalue weighted by Gasteiger charge is -2.12. The highest BCUT2D eigenvalue weighted by atomic mass is 32.1. The maximum absolute atomic E-state index is 5.89. The number of hydrogen-bond acceptors (Lipinski definition) is 2. The highest BCUT2D eigenvalue weighted by Crippen LogP contribution is 2.31. The van der Waals surface area contributed by atoms with E-state index < -0.39 is 0 Å². The van der Waals surface area contributed by atoms with Gasteiger partial charge in [-0.05, 0) is 89.8 Å². The molecule has 0 saturated heterocycles. The number of thiophene rings is 2. The van der Waals surface area contributed by atoms with Crippen LogP contribution < -0.4 is 4.78 Å². The van der Waals surface area contributed by atoms with E-state index in [4.69, 9.17) is 7.85 Å². The van der Waals surface area contributed by atoms with E-state index in [2.05, 4.69) is 99.7 Å². The van der Waals surface area contributed by atoms with Crippen molar-refractivity contribution in [1.29, 1.82) is 0 Å². The van der Waals surface area contributed by atoms with Crippen molar-refractivity contribution < 1.29 is 0 Å². The van der Waals surface area contributed by atoms with Gasteiger partial charge in [0.05, 0.1) is 0 Å². The second kappa shape index (κ2) is 9.03. The molecular weight excluding hydrogens is 399 g/mol.